The number of benzene rings is 2. The Hall–Kier alpha value is -2.73. The number of hydrogen-bond donors (Lipinski definition) is 1. The van der Waals surface area contributed by atoms with Crippen molar-refractivity contribution in [3.63, 3.8) is 0 Å². The summed E-state index contributed by atoms with van der Waals surface area (Å²) in [4.78, 5) is 10.9. The van der Waals surface area contributed by atoms with Gasteiger partial charge < -0.3 is 9.84 Å². The Balaban J connectivity index is 1.90. The number of carbonyl (C=O) groups is 1. The fourth-order valence-corrected chi connectivity index (χ4v) is 3.60. The third-order valence-corrected chi connectivity index (χ3v) is 5.30. The van der Waals surface area contributed by atoms with Crippen molar-refractivity contribution in [2.75, 3.05) is 0 Å². The van der Waals surface area contributed by atoms with E-state index in [1.165, 1.54) is 11.1 Å². The zero-order valence-electron chi connectivity index (χ0n) is 15.7. The van der Waals surface area contributed by atoms with Gasteiger partial charge in [-0.3, -0.25) is 0 Å². The van der Waals surface area contributed by atoms with Crippen LogP contribution in [0.4, 0.5) is 0 Å². The minimum Gasteiger partial charge on any atom is -0.478 e. The molecule has 0 aliphatic heterocycles. The molecule has 0 spiro atoms. The summed E-state index contributed by atoms with van der Waals surface area (Å²) in [5.74, 6) is 2.82. The van der Waals surface area contributed by atoms with Crippen molar-refractivity contribution >= 4 is 5.97 Å². The highest BCUT2D eigenvalue weighted by atomic mass is 16.5. The molecule has 0 fully saturated rings. The lowest BCUT2D eigenvalue weighted by Crippen LogP contribution is -2.34. The number of hydrogen-bond acceptors (Lipinski definition) is 2. The van der Waals surface area contributed by atoms with Gasteiger partial charge in [-0.25, -0.2) is 4.79 Å². The van der Waals surface area contributed by atoms with E-state index in [9.17, 15) is 4.79 Å². The predicted octanol–water partition coefficient (Wildman–Crippen LogP) is 5.12. The predicted molar refractivity (Wildman–Crippen MR) is 103 cm³/mol. The van der Waals surface area contributed by atoms with E-state index in [0.717, 1.165) is 24.2 Å². The summed E-state index contributed by atoms with van der Waals surface area (Å²) in [5, 5.41) is 8.94. The lowest BCUT2D eigenvalue weighted by molar-refractivity contribution is 0.0697. The maximum absolute atomic E-state index is 10.9. The summed E-state index contributed by atoms with van der Waals surface area (Å²) in [6, 6.07) is 12.7. The molecule has 3 heteroatoms. The molecule has 1 aliphatic rings. The highest BCUT2D eigenvalue weighted by Crippen LogP contribution is 2.49. The van der Waals surface area contributed by atoms with Gasteiger partial charge in [-0.15, -0.1) is 0 Å². The standard InChI is InChI=1S/C23H24O3/c1-22(2)13-14-23(3,4)20-18(22)6-5-7-19(20)26-15-12-16-8-10-17(11-9-16)21(24)25/h5-11H,13-14H2,1-4H3,(H,24,25). The van der Waals surface area contributed by atoms with Crippen molar-refractivity contribution in [1.29, 1.82) is 0 Å². The summed E-state index contributed by atoms with van der Waals surface area (Å²) in [7, 11) is 0. The number of ether oxygens (including phenoxy) is 1. The van der Waals surface area contributed by atoms with E-state index in [1.807, 2.05) is 12.1 Å². The molecule has 26 heavy (non-hydrogen) atoms. The smallest absolute Gasteiger partial charge is 0.335 e. The third kappa shape index (κ3) is 3.46. The van der Waals surface area contributed by atoms with Crippen molar-refractivity contribution < 1.29 is 14.6 Å². The van der Waals surface area contributed by atoms with E-state index in [-0.39, 0.29) is 16.4 Å². The van der Waals surface area contributed by atoms with Crippen molar-refractivity contribution in [2.45, 2.75) is 51.4 Å². The summed E-state index contributed by atoms with van der Waals surface area (Å²) >= 11 is 0. The van der Waals surface area contributed by atoms with Gasteiger partial charge in [0.25, 0.3) is 0 Å². The van der Waals surface area contributed by atoms with Crippen LogP contribution in [-0.2, 0) is 10.8 Å². The van der Waals surface area contributed by atoms with Crippen LogP contribution >= 0.6 is 0 Å². The molecular formula is C23H24O3. The van der Waals surface area contributed by atoms with E-state index < -0.39 is 5.97 Å². The van der Waals surface area contributed by atoms with Crippen LogP contribution in [0.1, 0.15) is 67.6 Å². The second-order valence-corrected chi connectivity index (χ2v) is 8.16. The molecule has 0 bridgehead atoms. The molecule has 3 rings (SSSR count). The van der Waals surface area contributed by atoms with Crippen LogP contribution in [-0.4, -0.2) is 11.1 Å². The summed E-state index contributed by atoms with van der Waals surface area (Å²) in [6.07, 6.45) is 5.04. The fraction of sp³-hybridized carbons (Fsp3) is 0.348. The Kier molecular flexibility index (Phi) is 4.54. The Morgan fingerprint density at radius 2 is 1.65 bits per heavy atom. The molecule has 0 saturated carbocycles. The van der Waals surface area contributed by atoms with Crippen LogP contribution in [0.5, 0.6) is 5.75 Å². The van der Waals surface area contributed by atoms with Crippen LogP contribution in [0, 0.1) is 12.0 Å². The molecule has 2 aromatic carbocycles. The van der Waals surface area contributed by atoms with Crippen molar-refractivity contribution in [3.8, 4) is 17.8 Å². The van der Waals surface area contributed by atoms with Crippen LogP contribution in [0.25, 0.3) is 0 Å². The Bertz CT molecular complexity index is 893. The van der Waals surface area contributed by atoms with Crippen LogP contribution < -0.4 is 4.74 Å². The first-order valence-electron chi connectivity index (χ1n) is 8.86. The van der Waals surface area contributed by atoms with Crippen molar-refractivity contribution in [1.82, 2.24) is 0 Å². The molecule has 0 heterocycles. The first kappa shape index (κ1) is 18.1. The van der Waals surface area contributed by atoms with Crippen molar-refractivity contribution in [3.05, 3.63) is 64.7 Å². The zero-order valence-corrected chi connectivity index (χ0v) is 15.7. The van der Waals surface area contributed by atoms with Gasteiger partial charge in [0.1, 0.15) is 11.9 Å². The van der Waals surface area contributed by atoms with Gasteiger partial charge in [-0.2, -0.15) is 0 Å². The van der Waals surface area contributed by atoms with Crippen LogP contribution in [0.2, 0.25) is 0 Å². The Morgan fingerprint density at radius 1 is 1.00 bits per heavy atom. The minimum absolute atomic E-state index is 0.0479. The number of aromatic carboxylic acids is 1. The highest BCUT2D eigenvalue weighted by molar-refractivity contribution is 5.87. The quantitative estimate of drug-likeness (QED) is 0.766. The minimum atomic E-state index is -0.943. The molecule has 2 aromatic rings. The summed E-state index contributed by atoms with van der Waals surface area (Å²) in [5.41, 5.74) is 3.72. The molecule has 0 radical (unpaired) electrons. The van der Waals surface area contributed by atoms with Gasteiger partial charge in [-0.1, -0.05) is 39.8 Å². The first-order valence-corrected chi connectivity index (χ1v) is 8.86. The number of fused-ring (bicyclic) bond motifs is 1. The molecule has 1 aliphatic carbocycles. The van der Waals surface area contributed by atoms with Gasteiger partial charge in [0.15, 0.2) is 0 Å². The second-order valence-electron chi connectivity index (χ2n) is 8.16. The number of carboxylic acid groups (broad SMARTS) is 1. The van der Waals surface area contributed by atoms with Crippen LogP contribution in [0.3, 0.4) is 0 Å². The SMILES string of the molecule is CC1(C)CCC(C)(C)c2c(OC#Cc3ccc(C(=O)O)cc3)cccc21. The maximum atomic E-state index is 10.9. The third-order valence-electron chi connectivity index (χ3n) is 5.30. The molecule has 3 nitrogen and oxygen atoms in total. The molecule has 1 N–H and O–H groups in total. The second kappa shape index (κ2) is 6.53. The monoisotopic (exact) mass is 348 g/mol. The fourth-order valence-electron chi connectivity index (χ4n) is 3.60. The lowest BCUT2D eigenvalue weighted by atomic mass is 9.63. The summed E-state index contributed by atoms with van der Waals surface area (Å²) in [6.45, 7) is 9.07. The summed E-state index contributed by atoms with van der Waals surface area (Å²) < 4.78 is 5.84. The lowest BCUT2D eigenvalue weighted by Gasteiger charge is -2.42. The average molecular weight is 348 g/mol. The van der Waals surface area contributed by atoms with Gasteiger partial charge >= 0.3 is 5.97 Å². The van der Waals surface area contributed by atoms with E-state index in [2.05, 4.69) is 45.8 Å². The molecule has 0 atom stereocenters. The Labute approximate surface area is 155 Å². The molecular weight excluding hydrogens is 324 g/mol. The molecule has 0 aromatic heterocycles. The van der Waals surface area contributed by atoms with E-state index >= 15 is 0 Å². The average Bonchev–Trinajstić information content (AvgIpc) is 2.59. The highest BCUT2D eigenvalue weighted by Gasteiger charge is 2.39. The van der Waals surface area contributed by atoms with Crippen molar-refractivity contribution in [2.24, 2.45) is 0 Å². The van der Waals surface area contributed by atoms with Gasteiger partial charge in [-0.05, 0) is 65.5 Å². The maximum Gasteiger partial charge on any atom is 0.335 e. The molecule has 0 unspecified atom stereocenters. The molecule has 0 amide bonds. The van der Waals surface area contributed by atoms with E-state index in [4.69, 9.17) is 9.84 Å². The van der Waals surface area contributed by atoms with E-state index in [0.29, 0.717) is 0 Å². The van der Waals surface area contributed by atoms with Gasteiger partial charge in [0.05, 0.1) is 5.56 Å². The number of rotatable bonds is 2. The van der Waals surface area contributed by atoms with Gasteiger partial charge in [0, 0.05) is 11.1 Å². The molecule has 134 valence electrons. The largest absolute Gasteiger partial charge is 0.478 e. The zero-order chi connectivity index (χ0) is 18.9. The van der Waals surface area contributed by atoms with Crippen LogP contribution in [0.15, 0.2) is 42.5 Å². The topological polar surface area (TPSA) is 46.5 Å². The molecule has 0 saturated heterocycles. The normalized spacial score (nSPS) is 16.8. The first-order chi connectivity index (χ1) is 12.2. The number of carboxylic acids is 1. The van der Waals surface area contributed by atoms with E-state index in [1.54, 1.807) is 24.3 Å². The Morgan fingerprint density at radius 3 is 2.31 bits per heavy atom. The van der Waals surface area contributed by atoms with Gasteiger partial charge in [0.2, 0.25) is 0 Å².